The van der Waals surface area contributed by atoms with Gasteiger partial charge < -0.3 is 20.1 Å². The summed E-state index contributed by atoms with van der Waals surface area (Å²) in [5.74, 6) is -0.532. The number of carbonyl (C=O) groups is 2. The molecule has 11 heteroatoms. The van der Waals surface area contributed by atoms with Gasteiger partial charge in [0.25, 0.3) is 0 Å². The highest BCUT2D eigenvalue weighted by atomic mass is 35.5. The number of anilines is 1. The molecule has 2 N–H and O–H groups in total. The second-order valence-electron chi connectivity index (χ2n) is 6.20. The Bertz CT molecular complexity index is 730. The van der Waals surface area contributed by atoms with Crippen molar-refractivity contribution in [2.75, 3.05) is 39.2 Å². The van der Waals surface area contributed by atoms with Crippen molar-refractivity contribution in [3.8, 4) is 11.5 Å². The van der Waals surface area contributed by atoms with Gasteiger partial charge in [-0.15, -0.1) is 0 Å². The van der Waals surface area contributed by atoms with Gasteiger partial charge in [0, 0.05) is 12.1 Å². The molecule has 1 aromatic rings. The third kappa shape index (κ3) is 5.90. The number of carbonyl (C=O) groups excluding carboxylic acids is 2. The van der Waals surface area contributed by atoms with Gasteiger partial charge in [-0.2, -0.15) is 13.2 Å². The molecule has 1 atom stereocenters. The van der Waals surface area contributed by atoms with E-state index in [1.165, 1.54) is 26.4 Å². The van der Waals surface area contributed by atoms with E-state index < -0.39 is 30.6 Å². The molecule has 0 aliphatic carbocycles. The molecule has 0 saturated carbocycles. The minimum absolute atomic E-state index is 0.155. The Morgan fingerprint density at radius 2 is 1.93 bits per heavy atom. The van der Waals surface area contributed by atoms with Crippen LogP contribution in [0.25, 0.3) is 0 Å². The monoisotopic (exact) mass is 423 g/mol. The van der Waals surface area contributed by atoms with Gasteiger partial charge in [-0.05, 0) is 19.4 Å². The van der Waals surface area contributed by atoms with Gasteiger partial charge in [0.2, 0.25) is 11.8 Å². The molecule has 1 fully saturated rings. The summed E-state index contributed by atoms with van der Waals surface area (Å²) >= 11 is 6.02. The maximum atomic E-state index is 12.4. The van der Waals surface area contributed by atoms with Crippen LogP contribution in [0.2, 0.25) is 5.02 Å². The van der Waals surface area contributed by atoms with E-state index in [0.29, 0.717) is 41.6 Å². The average molecular weight is 424 g/mol. The zero-order valence-electron chi connectivity index (χ0n) is 15.4. The average Bonchev–Trinajstić information content (AvgIpc) is 3.08. The van der Waals surface area contributed by atoms with Crippen molar-refractivity contribution < 1.29 is 32.2 Å². The third-order valence-corrected chi connectivity index (χ3v) is 4.52. The van der Waals surface area contributed by atoms with Crippen LogP contribution in [0.4, 0.5) is 18.9 Å². The molecule has 156 valence electrons. The number of likely N-dealkylation sites (tertiary alicyclic amines) is 1. The van der Waals surface area contributed by atoms with E-state index >= 15 is 0 Å². The number of benzene rings is 1. The van der Waals surface area contributed by atoms with Crippen molar-refractivity contribution in [3.63, 3.8) is 0 Å². The van der Waals surface area contributed by atoms with Crippen molar-refractivity contribution in [2.45, 2.75) is 25.1 Å². The number of amides is 2. The smallest absolute Gasteiger partial charge is 0.405 e. The lowest BCUT2D eigenvalue weighted by Gasteiger charge is -2.23. The fourth-order valence-corrected chi connectivity index (χ4v) is 3.18. The summed E-state index contributed by atoms with van der Waals surface area (Å²) in [5.41, 5.74) is 0.325. The number of halogens is 4. The molecular weight excluding hydrogens is 403 g/mol. The first-order valence-corrected chi connectivity index (χ1v) is 8.82. The molecule has 1 aliphatic heterocycles. The Morgan fingerprint density at radius 3 is 2.54 bits per heavy atom. The van der Waals surface area contributed by atoms with Gasteiger partial charge in [-0.3, -0.25) is 14.5 Å². The lowest BCUT2D eigenvalue weighted by atomic mass is 10.2. The second kappa shape index (κ2) is 9.33. The summed E-state index contributed by atoms with van der Waals surface area (Å²) in [6.45, 7) is -1.12. The quantitative estimate of drug-likeness (QED) is 0.704. The van der Waals surface area contributed by atoms with Crippen LogP contribution in [-0.2, 0) is 9.59 Å². The summed E-state index contributed by atoms with van der Waals surface area (Å²) in [7, 11) is 2.84. The van der Waals surface area contributed by atoms with Crippen LogP contribution in [-0.4, -0.2) is 62.8 Å². The highest BCUT2D eigenvalue weighted by molar-refractivity contribution is 6.32. The zero-order valence-corrected chi connectivity index (χ0v) is 16.1. The maximum absolute atomic E-state index is 12.4. The van der Waals surface area contributed by atoms with Crippen LogP contribution in [0.15, 0.2) is 12.1 Å². The van der Waals surface area contributed by atoms with Gasteiger partial charge in [-0.25, -0.2) is 0 Å². The topological polar surface area (TPSA) is 79.9 Å². The van der Waals surface area contributed by atoms with E-state index in [4.69, 9.17) is 21.1 Å². The molecular formula is C17H21ClF3N3O4. The van der Waals surface area contributed by atoms with Gasteiger partial charge in [0.1, 0.15) is 18.0 Å². The van der Waals surface area contributed by atoms with Crippen molar-refractivity contribution in [1.29, 1.82) is 0 Å². The number of hydrogen-bond acceptors (Lipinski definition) is 5. The summed E-state index contributed by atoms with van der Waals surface area (Å²) in [6, 6.07) is 2.20. The second-order valence-corrected chi connectivity index (χ2v) is 6.60. The number of ether oxygens (including phenoxy) is 2. The molecule has 7 nitrogen and oxygen atoms in total. The third-order valence-electron chi connectivity index (χ3n) is 4.22. The van der Waals surface area contributed by atoms with Crippen molar-refractivity contribution in [3.05, 3.63) is 17.2 Å². The number of hydrogen-bond donors (Lipinski definition) is 2. The molecule has 0 bridgehead atoms. The predicted molar refractivity (Wildman–Crippen MR) is 96.8 cm³/mol. The number of methoxy groups -OCH3 is 2. The van der Waals surface area contributed by atoms with Crippen molar-refractivity contribution >= 4 is 29.1 Å². The molecule has 1 heterocycles. The molecule has 1 saturated heterocycles. The summed E-state index contributed by atoms with van der Waals surface area (Å²) in [4.78, 5) is 26.0. The first-order valence-electron chi connectivity index (χ1n) is 8.44. The lowest BCUT2D eigenvalue weighted by Crippen LogP contribution is -2.47. The summed E-state index contributed by atoms with van der Waals surface area (Å²) < 4.78 is 47.2. The maximum Gasteiger partial charge on any atom is 0.405 e. The van der Waals surface area contributed by atoms with Crippen molar-refractivity contribution in [2.24, 2.45) is 0 Å². The highest BCUT2D eigenvalue weighted by Crippen LogP contribution is 2.35. The molecule has 0 aromatic heterocycles. The van der Waals surface area contributed by atoms with E-state index in [9.17, 15) is 22.8 Å². The predicted octanol–water partition coefficient (Wildman–Crippen LogP) is 2.44. The number of nitrogens with zero attached hydrogens (tertiary/aromatic N) is 1. The fourth-order valence-electron chi connectivity index (χ4n) is 2.95. The van der Waals surface area contributed by atoms with Crippen LogP contribution in [0.1, 0.15) is 12.8 Å². The van der Waals surface area contributed by atoms with Crippen LogP contribution in [0.3, 0.4) is 0 Å². The summed E-state index contributed by atoms with van der Waals surface area (Å²) in [6.07, 6.45) is -3.49. The Labute approximate surface area is 165 Å². The number of nitrogens with one attached hydrogen (secondary N) is 2. The Balaban J connectivity index is 2.01. The molecule has 0 spiro atoms. The molecule has 1 aromatic carbocycles. The SMILES string of the molecule is COc1cc(NC(=O)CN2CCCC2C(=O)NCC(F)(F)F)c(OC)cc1Cl. The Morgan fingerprint density at radius 1 is 1.25 bits per heavy atom. The van der Waals surface area contributed by atoms with Gasteiger partial charge >= 0.3 is 6.18 Å². The van der Waals surface area contributed by atoms with Gasteiger partial charge in [0.05, 0.1) is 37.5 Å². The first kappa shape index (κ1) is 22.1. The molecule has 1 aliphatic rings. The van der Waals surface area contributed by atoms with E-state index in [2.05, 4.69) is 5.32 Å². The minimum Gasteiger partial charge on any atom is -0.495 e. The number of alkyl halides is 3. The van der Waals surface area contributed by atoms with E-state index in [1.807, 2.05) is 5.32 Å². The first-order chi connectivity index (χ1) is 13.1. The fraction of sp³-hybridized carbons (Fsp3) is 0.529. The molecule has 2 rings (SSSR count). The molecule has 1 unspecified atom stereocenters. The van der Waals surface area contributed by atoms with Gasteiger partial charge in [0.15, 0.2) is 0 Å². The largest absolute Gasteiger partial charge is 0.495 e. The normalized spacial score (nSPS) is 17.3. The van der Waals surface area contributed by atoms with Crippen molar-refractivity contribution in [1.82, 2.24) is 10.2 Å². The zero-order chi connectivity index (χ0) is 20.9. The minimum atomic E-state index is -4.49. The highest BCUT2D eigenvalue weighted by Gasteiger charge is 2.34. The molecule has 28 heavy (non-hydrogen) atoms. The van der Waals surface area contributed by atoms with E-state index in [1.54, 1.807) is 4.90 Å². The number of rotatable bonds is 7. The van der Waals surface area contributed by atoms with E-state index in [-0.39, 0.29) is 6.54 Å². The Kier molecular flexibility index (Phi) is 7.36. The standard InChI is InChI=1S/C17H21ClF3N3O4/c1-27-13-7-11(14(28-2)6-10(13)18)23-15(25)8-24-5-3-4-12(24)16(26)22-9-17(19,20)21/h6-7,12H,3-5,8-9H2,1-2H3,(H,22,26)(H,23,25). The lowest BCUT2D eigenvalue weighted by molar-refractivity contribution is -0.141. The van der Waals surface area contributed by atoms with Crippen LogP contribution in [0, 0.1) is 0 Å². The van der Waals surface area contributed by atoms with Crippen LogP contribution < -0.4 is 20.1 Å². The molecule has 0 radical (unpaired) electrons. The Hall–Kier alpha value is -2.20. The van der Waals surface area contributed by atoms with Crippen LogP contribution >= 0.6 is 11.6 Å². The molecule has 2 amide bonds. The van der Waals surface area contributed by atoms with E-state index in [0.717, 1.165) is 0 Å². The van der Waals surface area contributed by atoms with Gasteiger partial charge in [-0.1, -0.05) is 11.6 Å². The van der Waals surface area contributed by atoms with Crippen LogP contribution in [0.5, 0.6) is 11.5 Å². The summed E-state index contributed by atoms with van der Waals surface area (Å²) in [5, 5.41) is 4.82.